The normalized spacial score (nSPS) is 20.9. The van der Waals surface area contributed by atoms with Crippen molar-refractivity contribution >= 4 is 28.3 Å². The highest BCUT2D eigenvalue weighted by molar-refractivity contribution is 5.97. The maximum atomic E-state index is 13.2. The fourth-order valence-electron chi connectivity index (χ4n) is 5.32. The second-order valence-corrected chi connectivity index (χ2v) is 9.77. The molecule has 0 radical (unpaired) electrons. The van der Waals surface area contributed by atoms with Crippen LogP contribution >= 0.6 is 0 Å². The number of rotatable bonds is 6. The van der Waals surface area contributed by atoms with Gasteiger partial charge >= 0.3 is 0 Å². The van der Waals surface area contributed by atoms with Crippen LogP contribution in [0.1, 0.15) is 67.9 Å². The molecule has 3 aromatic rings. The molecular formula is C26H30N6O2. The molecule has 8 heteroatoms. The van der Waals surface area contributed by atoms with Crippen LogP contribution in [-0.2, 0) is 0 Å². The van der Waals surface area contributed by atoms with Crippen molar-refractivity contribution in [2.24, 2.45) is 5.92 Å². The average molecular weight is 459 g/mol. The molecule has 1 saturated heterocycles. The zero-order valence-electron chi connectivity index (χ0n) is 19.8. The molecule has 2 fully saturated rings. The largest absolute Gasteiger partial charge is 0.338 e. The number of hydrogen-bond acceptors (Lipinski definition) is 5. The van der Waals surface area contributed by atoms with E-state index in [1.165, 1.54) is 0 Å². The number of anilines is 2. The molecule has 0 spiro atoms. The van der Waals surface area contributed by atoms with Crippen molar-refractivity contribution < 1.29 is 4.79 Å². The highest BCUT2D eigenvalue weighted by Gasteiger charge is 2.35. The van der Waals surface area contributed by atoms with Gasteiger partial charge < -0.3 is 15.2 Å². The van der Waals surface area contributed by atoms with Crippen molar-refractivity contribution in [2.75, 3.05) is 5.32 Å². The van der Waals surface area contributed by atoms with Crippen molar-refractivity contribution in [3.63, 3.8) is 0 Å². The van der Waals surface area contributed by atoms with Gasteiger partial charge in [0.05, 0.1) is 24.0 Å². The maximum absolute atomic E-state index is 13.2. The number of fused-ring (bicyclic) bond motifs is 1. The lowest BCUT2D eigenvalue weighted by atomic mass is 10.1. The average Bonchev–Trinajstić information content (AvgIpc) is 3.50. The summed E-state index contributed by atoms with van der Waals surface area (Å²) in [5.41, 5.74) is 2.83. The van der Waals surface area contributed by atoms with Crippen molar-refractivity contribution in [3.05, 3.63) is 51.9 Å². The monoisotopic (exact) mass is 458 g/mol. The lowest BCUT2D eigenvalue weighted by molar-refractivity contribution is 0.0692. The first-order valence-corrected chi connectivity index (χ1v) is 12.1. The van der Waals surface area contributed by atoms with Crippen molar-refractivity contribution in [1.29, 1.82) is 5.26 Å². The highest BCUT2D eigenvalue weighted by Crippen LogP contribution is 2.43. The number of carbonyl (C=O) groups is 1. The SMILES string of the molecule is Cc1cc(Nc2nn([C@@H](CC#N)C3CC3)c3cc[nH]c(=O)c23)ccc1C(=O)N1[C@H](C)CC[C@H]1C. The van der Waals surface area contributed by atoms with Gasteiger partial charge in [-0.2, -0.15) is 10.4 Å². The number of pyridine rings is 1. The minimum Gasteiger partial charge on any atom is -0.338 e. The third kappa shape index (κ3) is 3.85. The zero-order valence-corrected chi connectivity index (χ0v) is 19.8. The molecule has 3 atom stereocenters. The van der Waals surface area contributed by atoms with Crippen LogP contribution in [0.2, 0.25) is 0 Å². The Hall–Kier alpha value is -3.60. The molecule has 0 unspecified atom stereocenters. The molecule has 34 heavy (non-hydrogen) atoms. The predicted molar refractivity (Wildman–Crippen MR) is 131 cm³/mol. The van der Waals surface area contributed by atoms with E-state index in [1.807, 2.05) is 40.8 Å². The summed E-state index contributed by atoms with van der Waals surface area (Å²) in [7, 11) is 0. The van der Waals surface area contributed by atoms with E-state index in [2.05, 4.69) is 30.2 Å². The fourth-order valence-corrected chi connectivity index (χ4v) is 5.32. The number of H-pyrrole nitrogens is 1. The number of amides is 1. The lowest BCUT2D eigenvalue weighted by Crippen LogP contribution is -2.38. The number of carbonyl (C=O) groups excluding carboxylic acids is 1. The van der Waals surface area contributed by atoms with E-state index >= 15 is 0 Å². The molecule has 1 saturated carbocycles. The van der Waals surface area contributed by atoms with Crippen molar-refractivity contribution in [2.45, 2.75) is 71.0 Å². The summed E-state index contributed by atoms with van der Waals surface area (Å²) in [6.07, 6.45) is 6.18. The Morgan fingerprint density at radius 1 is 1.24 bits per heavy atom. The Bertz CT molecular complexity index is 1340. The van der Waals surface area contributed by atoms with E-state index in [0.717, 1.165) is 42.5 Å². The van der Waals surface area contributed by atoms with E-state index in [0.29, 0.717) is 29.1 Å². The van der Waals surface area contributed by atoms with Crippen LogP contribution in [0.25, 0.3) is 10.9 Å². The van der Waals surface area contributed by atoms with Crippen LogP contribution in [-0.4, -0.2) is 37.7 Å². The van der Waals surface area contributed by atoms with Gasteiger partial charge in [-0.3, -0.25) is 14.3 Å². The maximum Gasteiger partial charge on any atom is 0.261 e. The minimum atomic E-state index is -0.224. The standard InChI is InChI=1S/C26H30N6O2/c1-15-14-19(8-9-20(15)26(34)31-16(2)4-5-17(31)3)29-24-23-22(11-13-28-25(23)33)32(30-24)21(10-12-27)18-6-7-18/h8-9,11,13-14,16-18,21H,4-7,10H2,1-3H3,(H,28,33)(H,29,30)/t16-,17-,21+/m1/s1. The molecule has 2 aromatic heterocycles. The molecule has 1 aliphatic heterocycles. The molecule has 0 bridgehead atoms. The molecule has 3 heterocycles. The first-order chi connectivity index (χ1) is 16.4. The third-order valence-electron chi connectivity index (χ3n) is 7.32. The summed E-state index contributed by atoms with van der Waals surface area (Å²) < 4.78 is 1.84. The third-order valence-corrected chi connectivity index (χ3v) is 7.32. The summed E-state index contributed by atoms with van der Waals surface area (Å²) in [4.78, 5) is 30.7. The van der Waals surface area contributed by atoms with Gasteiger partial charge in [0, 0.05) is 29.5 Å². The molecule has 5 rings (SSSR count). The molecule has 1 aliphatic carbocycles. The molecule has 2 N–H and O–H groups in total. The van der Waals surface area contributed by atoms with Crippen LogP contribution < -0.4 is 10.9 Å². The van der Waals surface area contributed by atoms with Gasteiger partial charge in [0.1, 0.15) is 5.39 Å². The molecular weight excluding hydrogens is 428 g/mol. The predicted octanol–water partition coefficient (Wildman–Crippen LogP) is 4.65. The van der Waals surface area contributed by atoms with E-state index in [-0.39, 0.29) is 29.6 Å². The molecule has 1 amide bonds. The highest BCUT2D eigenvalue weighted by atomic mass is 16.2. The first-order valence-electron chi connectivity index (χ1n) is 12.1. The molecule has 1 aromatic carbocycles. The van der Waals surface area contributed by atoms with Crippen LogP contribution in [0.5, 0.6) is 0 Å². The lowest BCUT2D eigenvalue weighted by Gasteiger charge is -2.27. The number of benzene rings is 1. The smallest absolute Gasteiger partial charge is 0.261 e. The zero-order chi connectivity index (χ0) is 24.0. The van der Waals surface area contributed by atoms with Crippen LogP contribution in [0, 0.1) is 24.2 Å². The summed E-state index contributed by atoms with van der Waals surface area (Å²) in [5.74, 6) is 0.940. The van der Waals surface area contributed by atoms with Crippen molar-refractivity contribution in [1.82, 2.24) is 19.7 Å². The van der Waals surface area contributed by atoms with E-state index in [1.54, 1.807) is 6.20 Å². The number of aryl methyl sites for hydroxylation is 1. The van der Waals surface area contributed by atoms with Gasteiger partial charge in [-0.1, -0.05) is 0 Å². The summed E-state index contributed by atoms with van der Waals surface area (Å²) in [5, 5.41) is 17.9. The van der Waals surface area contributed by atoms with E-state index in [4.69, 9.17) is 5.10 Å². The number of aromatic amines is 1. The minimum absolute atomic E-state index is 0.0453. The van der Waals surface area contributed by atoms with Crippen LogP contribution in [0.3, 0.4) is 0 Å². The van der Waals surface area contributed by atoms with E-state index in [9.17, 15) is 14.9 Å². The summed E-state index contributed by atoms with van der Waals surface area (Å²) in [6.45, 7) is 6.14. The topological polar surface area (TPSA) is 107 Å². The molecule has 2 aliphatic rings. The van der Waals surface area contributed by atoms with Gasteiger partial charge in [0.15, 0.2) is 5.82 Å². The van der Waals surface area contributed by atoms with Gasteiger partial charge in [-0.05, 0) is 82.2 Å². The number of nitriles is 1. The number of nitrogens with one attached hydrogen (secondary N) is 2. The summed E-state index contributed by atoms with van der Waals surface area (Å²) >= 11 is 0. The molecule has 8 nitrogen and oxygen atoms in total. The van der Waals surface area contributed by atoms with Crippen LogP contribution in [0.15, 0.2) is 35.3 Å². The number of likely N-dealkylation sites (tertiary alicyclic amines) is 1. The van der Waals surface area contributed by atoms with Gasteiger partial charge in [0.2, 0.25) is 0 Å². The first kappa shape index (κ1) is 22.2. The number of hydrogen-bond donors (Lipinski definition) is 2. The fraction of sp³-hybridized carbons (Fsp3) is 0.462. The second kappa shape index (κ2) is 8.64. The number of aromatic nitrogens is 3. The second-order valence-electron chi connectivity index (χ2n) is 9.77. The van der Waals surface area contributed by atoms with Crippen LogP contribution in [0.4, 0.5) is 11.5 Å². The van der Waals surface area contributed by atoms with Gasteiger partial charge in [0.25, 0.3) is 11.5 Å². The molecule has 176 valence electrons. The Labute approximate surface area is 198 Å². The van der Waals surface area contributed by atoms with E-state index < -0.39 is 0 Å². The summed E-state index contributed by atoms with van der Waals surface area (Å²) in [6, 6.07) is 10.2. The Balaban J connectivity index is 1.48. The Morgan fingerprint density at radius 2 is 1.97 bits per heavy atom. The Morgan fingerprint density at radius 3 is 2.62 bits per heavy atom. The van der Waals surface area contributed by atoms with Crippen molar-refractivity contribution in [3.8, 4) is 6.07 Å². The van der Waals surface area contributed by atoms with Gasteiger partial charge in [-0.25, -0.2) is 0 Å². The number of nitrogens with zero attached hydrogens (tertiary/aromatic N) is 4. The Kier molecular flexibility index (Phi) is 5.64. The van der Waals surface area contributed by atoms with Gasteiger partial charge in [-0.15, -0.1) is 0 Å². The quantitative estimate of drug-likeness (QED) is 0.559.